The zero-order valence-electron chi connectivity index (χ0n) is 12.7. The van der Waals surface area contributed by atoms with Crippen LogP contribution in [0, 0.1) is 25.5 Å². The quantitative estimate of drug-likeness (QED) is 0.900. The molecule has 1 aromatic heterocycles. The molecular formula is C17H19F2NOS. The number of thioether (sulfide) groups is 1. The zero-order chi connectivity index (χ0) is 15.9. The first-order chi connectivity index (χ1) is 10.4. The van der Waals surface area contributed by atoms with E-state index in [0.717, 1.165) is 11.4 Å². The second kappa shape index (κ2) is 5.70. The smallest absolute Gasteiger partial charge is 0.134 e. The number of hydrogen-bond acceptors (Lipinski definition) is 2. The average Bonchev–Trinajstić information content (AvgIpc) is 2.77. The molecule has 0 spiro atoms. The minimum atomic E-state index is -1.39. The summed E-state index contributed by atoms with van der Waals surface area (Å²) in [6, 6.07) is 6.45. The molecule has 1 saturated heterocycles. The maximum Gasteiger partial charge on any atom is 0.134 e. The second-order valence-electron chi connectivity index (χ2n) is 5.88. The summed E-state index contributed by atoms with van der Waals surface area (Å²) in [5.74, 6) is 0.0914. The summed E-state index contributed by atoms with van der Waals surface area (Å²) < 4.78 is 31.0. The van der Waals surface area contributed by atoms with E-state index in [2.05, 4.69) is 0 Å². The van der Waals surface area contributed by atoms with Crippen molar-refractivity contribution in [2.45, 2.75) is 32.3 Å². The Kier molecular flexibility index (Phi) is 4.03. The first-order valence-corrected chi connectivity index (χ1v) is 8.53. The molecule has 0 saturated carbocycles. The molecule has 0 aliphatic carbocycles. The van der Waals surface area contributed by atoms with Gasteiger partial charge in [-0.2, -0.15) is 11.8 Å². The van der Waals surface area contributed by atoms with E-state index in [1.165, 1.54) is 12.1 Å². The van der Waals surface area contributed by atoms with Gasteiger partial charge in [0, 0.05) is 11.4 Å². The Balaban J connectivity index is 2.09. The summed E-state index contributed by atoms with van der Waals surface area (Å²) in [6.07, 6.45) is 0.763. The Hall–Kier alpha value is -1.33. The summed E-state index contributed by atoms with van der Waals surface area (Å²) in [6.45, 7) is 3.78. The second-order valence-corrected chi connectivity index (χ2v) is 7.10. The van der Waals surface area contributed by atoms with Crippen molar-refractivity contribution in [2.75, 3.05) is 11.5 Å². The number of nitrogens with zero attached hydrogens (tertiary/aromatic N) is 1. The van der Waals surface area contributed by atoms with Crippen LogP contribution >= 0.6 is 11.8 Å². The number of aromatic nitrogens is 1. The zero-order valence-corrected chi connectivity index (χ0v) is 13.5. The van der Waals surface area contributed by atoms with E-state index < -0.39 is 17.2 Å². The summed E-state index contributed by atoms with van der Waals surface area (Å²) >= 11 is 1.70. The molecule has 5 heteroatoms. The maximum atomic E-state index is 14.6. The highest BCUT2D eigenvalue weighted by molar-refractivity contribution is 7.99. The number of benzene rings is 1. The molecule has 2 nitrogen and oxygen atoms in total. The molecule has 3 rings (SSSR count). The first-order valence-electron chi connectivity index (χ1n) is 7.37. The van der Waals surface area contributed by atoms with Gasteiger partial charge >= 0.3 is 0 Å². The Morgan fingerprint density at radius 2 is 1.55 bits per heavy atom. The van der Waals surface area contributed by atoms with Gasteiger partial charge in [-0.1, -0.05) is 0 Å². The highest BCUT2D eigenvalue weighted by Gasteiger charge is 2.37. The van der Waals surface area contributed by atoms with E-state index in [4.69, 9.17) is 0 Å². The number of aryl methyl sites for hydroxylation is 2. The topological polar surface area (TPSA) is 25.2 Å². The number of aliphatic hydroxyl groups is 1. The molecular weight excluding hydrogens is 304 g/mol. The molecule has 1 N–H and O–H groups in total. The van der Waals surface area contributed by atoms with Crippen molar-refractivity contribution in [2.24, 2.45) is 0 Å². The van der Waals surface area contributed by atoms with E-state index in [-0.39, 0.29) is 5.56 Å². The van der Waals surface area contributed by atoms with Crippen molar-refractivity contribution < 1.29 is 13.9 Å². The van der Waals surface area contributed by atoms with Crippen LogP contribution in [0.15, 0.2) is 24.3 Å². The lowest BCUT2D eigenvalue weighted by molar-refractivity contribution is 0.0208. The standard InChI is InChI=1S/C17H19F2NOS/c1-11-3-4-12(2)20(11)13-9-14(18)16(15(19)10-13)17(21)5-7-22-8-6-17/h3-4,9-10,21H,5-8H2,1-2H3. The Bertz CT molecular complexity index is 662. The third-order valence-electron chi connectivity index (χ3n) is 4.34. The van der Waals surface area contributed by atoms with Crippen LogP contribution in [0.4, 0.5) is 8.78 Å². The van der Waals surface area contributed by atoms with Crippen LogP contribution in [0.1, 0.15) is 29.8 Å². The normalized spacial score (nSPS) is 17.7. The van der Waals surface area contributed by atoms with E-state index in [0.29, 0.717) is 30.0 Å². The van der Waals surface area contributed by atoms with Crippen molar-refractivity contribution in [1.29, 1.82) is 0 Å². The fraction of sp³-hybridized carbons (Fsp3) is 0.412. The fourth-order valence-electron chi connectivity index (χ4n) is 3.17. The van der Waals surface area contributed by atoms with E-state index >= 15 is 0 Å². The van der Waals surface area contributed by atoms with E-state index in [1.807, 2.05) is 26.0 Å². The average molecular weight is 323 g/mol. The lowest BCUT2D eigenvalue weighted by atomic mass is 9.87. The molecule has 0 unspecified atom stereocenters. The fourth-order valence-corrected chi connectivity index (χ4v) is 4.34. The summed E-state index contributed by atoms with van der Waals surface area (Å²) in [4.78, 5) is 0. The molecule has 0 bridgehead atoms. The van der Waals surface area contributed by atoms with Crippen LogP contribution in [-0.2, 0) is 5.60 Å². The minimum absolute atomic E-state index is 0.181. The van der Waals surface area contributed by atoms with Crippen LogP contribution in [0.3, 0.4) is 0 Å². The van der Waals surface area contributed by atoms with Gasteiger partial charge in [0.15, 0.2) is 0 Å². The predicted molar refractivity (Wildman–Crippen MR) is 85.6 cm³/mol. The Morgan fingerprint density at radius 1 is 1.05 bits per heavy atom. The first kappa shape index (κ1) is 15.6. The van der Waals surface area contributed by atoms with Crippen molar-refractivity contribution >= 4 is 11.8 Å². The molecule has 0 atom stereocenters. The largest absolute Gasteiger partial charge is 0.385 e. The van der Waals surface area contributed by atoms with Crippen molar-refractivity contribution in [3.63, 3.8) is 0 Å². The van der Waals surface area contributed by atoms with E-state index in [9.17, 15) is 13.9 Å². The van der Waals surface area contributed by atoms with Gasteiger partial charge in [0.05, 0.1) is 16.9 Å². The monoisotopic (exact) mass is 323 g/mol. The van der Waals surface area contributed by atoms with Crippen molar-refractivity contribution in [3.05, 3.63) is 52.9 Å². The minimum Gasteiger partial charge on any atom is -0.385 e. The summed E-state index contributed by atoms with van der Waals surface area (Å²) in [5, 5.41) is 10.6. The molecule has 118 valence electrons. The van der Waals surface area contributed by atoms with Crippen LogP contribution in [0.5, 0.6) is 0 Å². The van der Waals surface area contributed by atoms with Gasteiger partial charge in [-0.25, -0.2) is 8.78 Å². The van der Waals surface area contributed by atoms with Crippen LogP contribution in [0.2, 0.25) is 0 Å². The SMILES string of the molecule is Cc1ccc(C)n1-c1cc(F)c(C2(O)CCSCC2)c(F)c1. The molecule has 0 amide bonds. The highest BCUT2D eigenvalue weighted by Crippen LogP contribution is 2.39. The van der Waals surface area contributed by atoms with Crippen LogP contribution < -0.4 is 0 Å². The number of rotatable bonds is 2. The van der Waals surface area contributed by atoms with Gasteiger partial charge in [0.2, 0.25) is 0 Å². The molecule has 22 heavy (non-hydrogen) atoms. The Labute approximate surface area is 133 Å². The van der Waals surface area contributed by atoms with Gasteiger partial charge < -0.3 is 9.67 Å². The maximum absolute atomic E-state index is 14.6. The third-order valence-corrected chi connectivity index (χ3v) is 5.33. The molecule has 1 fully saturated rings. The highest BCUT2D eigenvalue weighted by atomic mass is 32.2. The van der Waals surface area contributed by atoms with E-state index in [1.54, 1.807) is 16.3 Å². The number of hydrogen-bond donors (Lipinski definition) is 1. The molecule has 2 heterocycles. The molecule has 1 aliphatic rings. The van der Waals surface area contributed by atoms with Gasteiger partial charge in [0.1, 0.15) is 11.6 Å². The van der Waals surface area contributed by atoms with Gasteiger partial charge in [0.25, 0.3) is 0 Å². The summed E-state index contributed by atoms with van der Waals surface area (Å²) in [5.41, 5.74) is 0.707. The van der Waals surface area contributed by atoms with Gasteiger partial charge in [-0.3, -0.25) is 0 Å². The van der Waals surface area contributed by atoms with Crippen LogP contribution in [-0.4, -0.2) is 21.2 Å². The van der Waals surface area contributed by atoms with Crippen LogP contribution in [0.25, 0.3) is 5.69 Å². The molecule has 1 aromatic carbocycles. The molecule has 1 aliphatic heterocycles. The number of halogens is 2. The van der Waals surface area contributed by atoms with Gasteiger partial charge in [-0.15, -0.1) is 0 Å². The Morgan fingerprint density at radius 3 is 2.05 bits per heavy atom. The predicted octanol–water partition coefficient (Wildman–Crippen LogP) is 4.09. The summed E-state index contributed by atoms with van der Waals surface area (Å²) in [7, 11) is 0. The van der Waals surface area contributed by atoms with Crippen molar-refractivity contribution in [3.8, 4) is 5.69 Å². The van der Waals surface area contributed by atoms with Gasteiger partial charge in [-0.05, 0) is 62.5 Å². The third kappa shape index (κ3) is 2.57. The molecule has 2 aromatic rings. The van der Waals surface area contributed by atoms with Crippen molar-refractivity contribution in [1.82, 2.24) is 4.57 Å². The molecule has 0 radical (unpaired) electrons. The lowest BCUT2D eigenvalue weighted by Gasteiger charge is -2.33. The lowest BCUT2D eigenvalue weighted by Crippen LogP contribution is -2.33.